The lowest BCUT2D eigenvalue weighted by Crippen LogP contribution is -2.48. The second-order valence-electron chi connectivity index (χ2n) is 5.00. The Hall–Kier alpha value is -1.42. The Labute approximate surface area is 101 Å². The van der Waals surface area contributed by atoms with Crippen LogP contribution in [0.4, 0.5) is 0 Å². The smallest absolute Gasteiger partial charge is 0.272 e. The fraction of sp³-hybridized carbons (Fsp3) is 0.538. The minimum absolute atomic E-state index is 0.0805. The quantitative estimate of drug-likeness (QED) is 0.798. The second kappa shape index (κ2) is 4.45. The molecule has 0 bridgehead atoms. The lowest BCUT2D eigenvalue weighted by molar-refractivity contribution is -0.0109. The van der Waals surface area contributed by atoms with E-state index in [1.54, 1.807) is 18.0 Å². The molecule has 92 valence electrons. The number of aryl methyl sites for hydroxylation is 1. The monoisotopic (exact) mass is 234 g/mol. The Bertz CT molecular complexity index is 429. The van der Waals surface area contributed by atoms with E-state index < -0.39 is 5.60 Å². The molecule has 1 aliphatic rings. The van der Waals surface area contributed by atoms with Crippen molar-refractivity contribution >= 4 is 5.91 Å². The van der Waals surface area contributed by atoms with E-state index in [1.807, 2.05) is 19.1 Å². The third kappa shape index (κ3) is 2.64. The average Bonchev–Trinajstić information content (AvgIpc) is 2.27. The van der Waals surface area contributed by atoms with E-state index in [9.17, 15) is 9.90 Å². The van der Waals surface area contributed by atoms with E-state index in [1.165, 1.54) is 0 Å². The standard InChI is InChI=1S/C13H18N2O2/c1-10-5-3-7-14-11(10)12(16)15-8-4-6-13(2,17)9-15/h3,5,7,17H,4,6,8-9H2,1-2H3. The fourth-order valence-electron chi connectivity index (χ4n) is 2.25. The Kier molecular flexibility index (Phi) is 3.15. The SMILES string of the molecule is Cc1cccnc1C(=O)N1CCCC(C)(O)C1. The van der Waals surface area contributed by atoms with E-state index in [0.717, 1.165) is 18.4 Å². The molecule has 17 heavy (non-hydrogen) atoms. The second-order valence-corrected chi connectivity index (χ2v) is 5.00. The molecular weight excluding hydrogens is 216 g/mol. The zero-order valence-electron chi connectivity index (χ0n) is 10.3. The molecule has 1 aliphatic heterocycles. The summed E-state index contributed by atoms with van der Waals surface area (Å²) >= 11 is 0. The van der Waals surface area contributed by atoms with Gasteiger partial charge in [0.2, 0.25) is 0 Å². The van der Waals surface area contributed by atoms with Crippen LogP contribution in [0.5, 0.6) is 0 Å². The van der Waals surface area contributed by atoms with Gasteiger partial charge >= 0.3 is 0 Å². The van der Waals surface area contributed by atoms with Gasteiger partial charge in [-0.3, -0.25) is 9.78 Å². The first-order valence-corrected chi connectivity index (χ1v) is 5.93. The molecular formula is C13H18N2O2. The first kappa shape index (κ1) is 12.0. The Morgan fingerprint density at radius 2 is 2.35 bits per heavy atom. The number of aromatic nitrogens is 1. The molecule has 1 saturated heterocycles. The average molecular weight is 234 g/mol. The molecule has 4 nitrogen and oxygen atoms in total. The summed E-state index contributed by atoms with van der Waals surface area (Å²) in [6, 6.07) is 3.70. The third-order valence-corrected chi connectivity index (χ3v) is 3.17. The van der Waals surface area contributed by atoms with Crippen molar-refractivity contribution in [3.8, 4) is 0 Å². The highest BCUT2D eigenvalue weighted by Crippen LogP contribution is 2.21. The van der Waals surface area contributed by atoms with Crippen molar-refractivity contribution < 1.29 is 9.90 Å². The van der Waals surface area contributed by atoms with Gasteiger partial charge in [0.05, 0.1) is 5.60 Å². The molecule has 1 fully saturated rings. The molecule has 0 spiro atoms. The first-order valence-electron chi connectivity index (χ1n) is 5.93. The summed E-state index contributed by atoms with van der Waals surface area (Å²) in [6.07, 6.45) is 3.21. The van der Waals surface area contributed by atoms with E-state index >= 15 is 0 Å². The zero-order chi connectivity index (χ0) is 12.5. The summed E-state index contributed by atoms with van der Waals surface area (Å²) in [4.78, 5) is 18.1. The number of aliphatic hydroxyl groups is 1. The molecule has 0 aliphatic carbocycles. The number of pyridine rings is 1. The Morgan fingerprint density at radius 1 is 1.59 bits per heavy atom. The van der Waals surface area contributed by atoms with Gasteiger partial charge in [-0.25, -0.2) is 0 Å². The van der Waals surface area contributed by atoms with Crippen molar-refractivity contribution in [1.82, 2.24) is 9.88 Å². The van der Waals surface area contributed by atoms with Gasteiger partial charge in [-0.05, 0) is 38.3 Å². The highest BCUT2D eigenvalue weighted by molar-refractivity contribution is 5.93. The number of carbonyl (C=O) groups is 1. The molecule has 0 aromatic carbocycles. The minimum Gasteiger partial charge on any atom is -0.388 e. The highest BCUT2D eigenvalue weighted by Gasteiger charge is 2.32. The molecule has 1 unspecified atom stereocenters. The predicted octanol–water partition coefficient (Wildman–Crippen LogP) is 1.38. The zero-order valence-corrected chi connectivity index (χ0v) is 10.3. The number of hydrogen-bond acceptors (Lipinski definition) is 3. The minimum atomic E-state index is -0.767. The van der Waals surface area contributed by atoms with Crippen LogP contribution in [-0.4, -0.2) is 39.6 Å². The highest BCUT2D eigenvalue weighted by atomic mass is 16.3. The maximum atomic E-state index is 12.3. The summed E-state index contributed by atoms with van der Waals surface area (Å²) in [5, 5.41) is 10.00. The number of rotatable bonds is 1. The summed E-state index contributed by atoms with van der Waals surface area (Å²) in [6.45, 7) is 4.74. The van der Waals surface area contributed by atoms with Gasteiger partial charge in [-0.1, -0.05) is 6.07 Å². The van der Waals surface area contributed by atoms with Crippen molar-refractivity contribution in [3.63, 3.8) is 0 Å². The van der Waals surface area contributed by atoms with Crippen LogP contribution in [0.3, 0.4) is 0 Å². The van der Waals surface area contributed by atoms with Crippen LogP contribution in [0.1, 0.15) is 35.8 Å². The number of hydrogen-bond donors (Lipinski definition) is 1. The van der Waals surface area contributed by atoms with Gasteiger partial charge in [0.15, 0.2) is 0 Å². The van der Waals surface area contributed by atoms with Crippen LogP contribution in [0, 0.1) is 6.92 Å². The number of nitrogens with zero attached hydrogens (tertiary/aromatic N) is 2. The number of amides is 1. The van der Waals surface area contributed by atoms with Gasteiger partial charge in [0, 0.05) is 19.3 Å². The van der Waals surface area contributed by atoms with Gasteiger partial charge in [0.1, 0.15) is 5.69 Å². The summed E-state index contributed by atoms with van der Waals surface area (Å²) < 4.78 is 0. The van der Waals surface area contributed by atoms with Gasteiger partial charge in [0.25, 0.3) is 5.91 Å². The molecule has 1 aromatic rings. The Morgan fingerprint density at radius 3 is 3.00 bits per heavy atom. The Balaban J connectivity index is 2.18. The largest absolute Gasteiger partial charge is 0.388 e. The fourth-order valence-corrected chi connectivity index (χ4v) is 2.25. The molecule has 1 amide bonds. The molecule has 1 atom stereocenters. The van der Waals surface area contributed by atoms with Crippen LogP contribution in [0.15, 0.2) is 18.3 Å². The molecule has 0 saturated carbocycles. The molecule has 4 heteroatoms. The van der Waals surface area contributed by atoms with Crippen LogP contribution >= 0.6 is 0 Å². The van der Waals surface area contributed by atoms with Crippen molar-refractivity contribution in [3.05, 3.63) is 29.6 Å². The van der Waals surface area contributed by atoms with Crippen LogP contribution in [0.2, 0.25) is 0 Å². The number of likely N-dealkylation sites (tertiary alicyclic amines) is 1. The molecule has 1 N–H and O–H groups in total. The third-order valence-electron chi connectivity index (χ3n) is 3.17. The van der Waals surface area contributed by atoms with Crippen molar-refractivity contribution in [2.45, 2.75) is 32.3 Å². The van der Waals surface area contributed by atoms with Crippen molar-refractivity contribution in [2.75, 3.05) is 13.1 Å². The van der Waals surface area contributed by atoms with Gasteiger partial charge < -0.3 is 10.0 Å². The molecule has 2 heterocycles. The molecule has 0 radical (unpaired) electrons. The number of carbonyl (C=O) groups excluding carboxylic acids is 1. The summed E-state index contributed by atoms with van der Waals surface area (Å²) in [5.41, 5.74) is 0.601. The van der Waals surface area contributed by atoms with Crippen LogP contribution in [-0.2, 0) is 0 Å². The van der Waals surface area contributed by atoms with E-state index in [-0.39, 0.29) is 5.91 Å². The van der Waals surface area contributed by atoms with Crippen molar-refractivity contribution in [1.29, 1.82) is 0 Å². The van der Waals surface area contributed by atoms with Gasteiger partial charge in [-0.2, -0.15) is 0 Å². The van der Waals surface area contributed by atoms with Gasteiger partial charge in [-0.15, -0.1) is 0 Å². The summed E-state index contributed by atoms with van der Waals surface area (Å²) in [5.74, 6) is -0.0805. The predicted molar refractivity (Wildman–Crippen MR) is 64.7 cm³/mol. The van der Waals surface area contributed by atoms with E-state index in [2.05, 4.69) is 4.98 Å². The maximum absolute atomic E-state index is 12.3. The van der Waals surface area contributed by atoms with E-state index in [4.69, 9.17) is 0 Å². The number of piperidine rings is 1. The van der Waals surface area contributed by atoms with Crippen LogP contribution in [0.25, 0.3) is 0 Å². The maximum Gasteiger partial charge on any atom is 0.272 e. The lowest BCUT2D eigenvalue weighted by Gasteiger charge is -2.36. The first-order chi connectivity index (χ1) is 7.99. The van der Waals surface area contributed by atoms with Crippen molar-refractivity contribution in [2.24, 2.45) is 0 Å². The van der Waals surface area contributed by atoms with E-state index in [0.29, 0.717) is 18.8 Å². The lowest BCUT2D eigenvalue weighted by atomic mass is 9.95. The van der Waals surface area contributed by atoms with Crippen LogP contribution < -0.4 is 0 Å². The summed E-state index contributed by atoms with van der Waals surface area (Å²) in [7, 11) is 0. The molecule has 2 rings (SSSR count). The molecule has 1 aromatic heterocycles. The number of β-amino-alcohol motifs (C(OH)–C–C–N with tert-alkyl or cyclic N) is 1. The normalized spacial score (nSPS) is 24.8. The topological polar surface area (TPSA) is 53.4 Å².